The Morgan fingerprint density at radius 1 is 1.55 bits per heavy atom. The first-order chi connectivity index (χ1) is 9.30. The van der Waals surface area contributed by atoms with Crippen molar-refractivity contribution in [2.45, 2.75) is 52.2 Å². The predicted molar refractivity (Wildman–Crippen MR) is 75.6 cm³/mol. The van der Waals surface area contributed by atoms with Crippen LogP contribution in [0.3, 0.4) is 0 Å². The number of carbonyl (C=O) groups is 1. The molecule has 1 amide bonds. The Morgan fingerprint density at radius 2 is 2.25 bits per heavy atom. The molecule has 0 aromatic carbocycles. The van der Waals surface area contributed by atoms with E-state index in [1.54, 1.807) is 11.0 Å². The molecule has 0 saturated heterocycles. The molecule has 2 rings (SSSR count). The molecule has 0 bridgehead atoms. The van der Waals surface area contributed by atoms with Gasteiger partial charge in [0.25, 0.3) is 0 Å². The van der Waals surface area contributed by atoms with Gasteiger partial charge >= 0.3 is 6.09 Å². The van der Waals surface area contributed by atoms with E-state index in [0.717, 1.165) is 17.7 Å². The summed E-state index contributed by atoms with van der Waals surface area (Å²) in [6.07, 6.45) is 2.04. The summed E-state index contributed by atoms with van der Waals surface area (Å²) in [7, 11) is 0. The molecule has 0 saturated carbocycles. The zero-order chi connectivity index (χ0) is 14.9. The number of fused-ring (bicyclic) bond motifs is 1. The highest BCUT2D eigenvalue weighted by atomic mass is 16.6. The minimum absolute atomic E-state index is 0.129. The van der Waals surface area contributed by atoms with Crippen LogP contribution in [0.1, 0.15) is 51.3 Å². The number of pyridine rings is 1. The van der Waals surface area contributed by atoms with E-state index in [0.29, 0.717) is 13.1 Å². The van der Waals surface area contributed by atoms with E-state index in [9.17, 15) is 9.90 Å². The van der Waals surface area contributed by atoms with Gasteiger partial charge in [0.15, 0.2) is 0 Å². The summed E-state index contributed by atoms with van der Waals surface area (Å²) < 4.78 is 5.42. The molecule has 2 heterocycles. The van der Waals surface area contributed by atoms with Gasteiger partial charge in [-0.3, -0.25) is 4.98 Å². The number of hydrogen-bond acceptors (Lipinski definition) is 4. The molecular weight excluding hydrogens is 256 g/mol. The second-order valence-corrected chi connectivity index (χ2v) is 6.20. The number of nitrogens with zero attached hydrogens (tertiary/aromatic N) is 2. The standard InChI is InChI=1S/C15H22N2O3/c1-5-10-8-17(14(19)20-15(2,3)4)9-11-6-12(18)7-16-13(10)11/h6-7,10,18H,5,8-9H2,1-4H3. The maximum Gasteiger partial charge on any atom is 0.410 e. The van der Waals surface area contributed by atoms with Gasteiger partial charge in [-0.15, -0.1) is 0 Å². The van der Waals surface area contributed by atoms with Gasteiger partial charge in [-0.05, 0) is 38.8 Å². The van der Waals surface area contributed by atoms with E-state index >= 15 is 0 Å². The van der Waals surface area contributed by atoms with Crippen LogP contribution in [-0.4, -0.2) is 33.2 Å². The quantitative estimate of drug-likeness (QED) is 0.857. The highest BCUT2D eigenvalue weighted by Crippen LogP contribution is 2.31. The second kappa shape index (κ2) is 5.31. The predicted octanol–water partition coefficient (Wildman–Crippen LogP) is 3.03. The summed E-state index contributed by atoms with van der Waals surface area (Å²) in [4.78, 5) is 18.2. The summed E-state index contributed by atoms with van der Waals surface area (Å²) in [5.74, 6) is 0.316. The monoisotopic (exact) mass is 278 g/mol. The van der Waals surface area contributed by atoms with Crippen molar-refractivity contribution in [3.63, 3.8) is 0 Å². The first-order valence-electron chi connectivity index (χ1n) is 6.96. The Morgan fingerprint density at radius 3 is 2.85 bits per heavy atom. The highest BCUT2D eigenvalue weighted by Gasteiger charge is 2.31. The van der Waals surface area contributed by atoms with Crippen LogP contribution in [-0.2, 0) is 11.3 Å². The summed E-state index contributed by atoms with van der Waals surface area (Å²) in [5, 5.41) is 9.56. The third kappa shape index (κ3) is 3.21. The average molecular weight is 278 g/mol. The zero-order valence-corrected chi connectivity index (χ0v) is 12.5. The number of rotatable bonds is 1. The average Bonchev–Trinajstić information content (AvgIpc) is 2.34. The fraction of sp³-hybridized carbons (Fsp3) is 0.600. The van der Waals surface area contributed by atoms with Crippen LogP contribution in [0.4, 0.5) is 4.79 Å². The first-order valence-corrected chi connectivity index (χ1v) is 6.96. The lowest BCUT2D eigenvalue weighted by atomic mass is 9.93. The molecule has 5 heteroatoms. The van der Waals surface area contributed by atoms with Crippen LogP contribution >= 0.6 is 0 Å². The summed E-state index contributed by atoms with van der Waals surface area (Å²) in [6.45, 7) is 8.67. The molecule has 1 aliphatic heterocycles. The fourth-order valence-electron chi connectivity index (χ4n) is 2.41. The van der Waals surface area contributed by atoms with E-state index in [4.69, 9.17) is 4.74 Å². The maximum absolute atomic E-state index is 12.2. The van der Waals surface area contributed by atoms with Gasteiger partial charge in [-0.2, -0.15) is 0 Å². The van der Waals surface area contributed by atoms with Gasteiger partial charge in [0.05, 0.1) is 18.4 Å². The zero-order valence-electron chi connectivity index (χ0n) is 12.5. The third-order valence-electron chi connectivity index (χ3n) is 3.32. The largest absolute Gasteiger partial charge is 0.506 e. The van der Waals surface area contributed by atoms with Crippen molar-refractivity contribution in [3.05, 3.63) is 23.5 Å². The molecule has 1 unspecified atom stereocenters. The van der Waals surface area contributed by atoms with Gasteiger partial charge in [0, 0.05) is 12.5 Å². The number of amides is 1. The van der Waals surface area contributed by atoms with Crippen molar-refractivity contribution in [3.8, 4) is 5.75 Å². The maximum atomic E-state index is 12.2. The van der Waals surface area contributed by atoms with Crippen molar-refractivity contribution in [1.82, 2.24) is 9.88 Å². The number of ether oxygens (including phenoxy) is 1. The molecule has 1 aromatic rings. The topological polar surface area (TPSA) is 62.7 Å². The molecule has 20 heavy (non-hydrogen) atoms. The molecule has 0 spiro atoms. The molecule has 0 aliphatic carbocycles. The van der Waals surface area contributed by atoms with Gasteiger partial charge in [0.2, 0.25) is 0 Å². The van der Waals surface area contributed by atoms with Crippen LogP contribution in [0.15, 0.2) is 12.3 Å². The lowest BCUT2D eigenvalue weighted by Gasteiger charge is -2.34. The fourth-order valence-corrected chi connectivity index (χ4v) is 2.41. The molecule has 0 fully saturated rings. The van der Waals surface area contributed by atoms with Gasteiger partial charge in [0.1, 0.15) is 11.4 Å². The van der Waals surface area contributed by atoms with E-state index in [-0.39, 0.29) is 17.8 Å². The number of aromatic hydroxyl groups is 1. The van der Waals surface area contributed by atoms with Crippen molar-refractivity contribution < 1.29 is 14.6 Å². The van der Waals surface area contributed by atoms with Gasteiger partial charge in [-0.1, -0.05) is 6.92 Å². The summed E-state index contributed by atoms with van der Waals surface area (Å²) in [6, 6.07) is 1.68. The minimum atomic E-state index is -0.504. The van der Waals surface area contributed by atoms with Crippen LogP contribution in [0, 0.1) is 0 Å². The van der Waals surface area contributed by atoms with E-state index in [2.05, 4.69) is 11.9 Å². The van der Waals surface area contributed by atoms with Crippen molar-refractivity contribution in [2.24, 2.45) is 0 Å². The third-order valence-corrected chi connectivity index (χ3v) is 3.32. The molecule has 1 N–H and O–H groups in total. The van der Waals surface area contributed by atoms with Crippen LogP contribution in [0.5, 0.6) is 5.75 Å². The Kier molecular flexibility index (Phi) is 3.88. The Balaban J connectivity index is 2.22. The summed E-state index contributed by atoms with van der Waals surface area (Å²) in [5.41, 5.74) is 1.37. The first kappa shape index (κ1) is 14.6. The lowest BCUT2D eigenvalue weighted by Crippen LogP contribution is -2.41. The normalized spacial score (nSPS) is 18.6. The molecule has 0 radical (unpaired) electrons. The minimum Gasteiger partial charge on any atom is -0.506 e. The Labute approximate surface area is 119 Å². The molecule has 110 valence electrons. The van der Waals surface area contributed by atoms with Crippen molar-refractivity contribution in [2.75, 3.05) is 6.54 Å². The molecule has 1 atom stereocenters. The lowest BCUT2D eigenvalue weighted by molar-refractivity contribution is 0.0202. The molecule has 1 aliphatic rings. The second-order valence-electron chi connectivity index (χ2n) is 6.20. The smallest absolute Gasteiger partial charge is 0.410 e. The highest BCUT2D eigenvalue weighted by molar-refractivity contribution is 5.68. The summed E-state index contributed by atoms with van der Waals surface area (Å²) >= 11 is 0. The van der Waals surface area contributed by atoms with Crippen LogP contribution in [0.25, 0.3) is 0 Å². The van der Waals surface area contributed by atoms with Gasteiger partial charge in [-0.25, -0.2) is 4.79 Å². The van der Waals surface area contributed by atoms with E-state index < -0.39 is 5.60 Å². The molecular formula is C15H22N2O3. The SMILES string of the molecule is CCC1CN(C(=O)OC(C)(C)C)Cc2cc(O)cnc21. The van der Waals surface area contributed by atoms with Crippen LogP contribution < -0.4 is 0 Å². The number of hydrogen-bond donors (Lipinski definition) is 1. The Bertz CT molecular complexity index is 508. The van der Waals surface area contributed by atoms with E-state index in [1.165, 1.54) is 6.20 Å². The number of aromatic nitrogens is 1. The molecule has 5 nitrogen and oxygen atoms in total. The van der Waals surface area contributed by atoms with E-state index in [1.807, 2.05) is 20.8 Å². The van der Waals surface area contributed by atoms with Crippen molar-refractivity contribution in [1.29, 1.82) is 0 Å². The Hall–Kier alpha value is -1.78. The number of carbonyl (C=O) groups excluding carboxylic acids is 1. The van der Waals surface area contributed by atoms with Crippen molar-refractivity contribution >= 4 is 6.09 Å². The van der Waals surface area contributed by atoms with Crippen LogP contribution in [0.2, 0.25) is 0 Å². The molecule has 1 aromatic heterocycles. The van der Waals surface area contributed by atoms with Gasteiger partial charge < -0.3 is 14.7 Å².